The number of carbonyl (C=O) groups is 2. The maximum Gasteiger partial charge on any atom is 0.410 e. The van der Waals surface area contributed by atoms with E-state index in [1.165, 1.54) is 16.7 Å². The number of thioether (sulfide) groups is 1. The first-order valence-electron chi connectivity index (χ1n) is 5.48. The molecule has 2 atom stereocenters. The Balaban J connectivity index is 2.64. The van der Waals surface area contributed by atoms with Crippen LogP contribution in [0.2, 0.25) is 0 Å². The summed E-state index contributed by atoms with van der Waals surface area (Å²) >= 11 is 1.48. The largest absolute Gasteiger partial charge is 0.481 e. The summed E-state index contributed by atoms with van der Waals surface area (Å²) in [4.78, 5) is 24.3. The van der Waals surface area contributed by atoms with Crippen molar-refractivity contribution < 1.29 is 19.4 Å². The summed E-state index contributed by atoms with van der Waals surface area (Å²) in [7, 11) is 0. The number of amides is 1. The quantitative estimate of drug-likeness (QED) is 0.819. The Labute approximate surface area is 105 Å². The van der Waals surface area contributed by atoms with Crippen LogP contribution in [0, 0.1) is 5.92 Å². The fourth-order valence-corrected chi connectivity index (χ4v) is 2.59. The molecule has 17 heavy (non-hydrogen) atoms. The van der Waals surface area contributed by atoms with Gasteiger partial charge in [0.15, 0.2) is 0 Å². The molecular weight excluding hydrogens is 242 g/mol. The number of aliphatic carboxylic acids is 1. The predicted molar refractivity (Wildman–Crippen MR) is 66.2 cm³/mol. The van der Waals surface area contributed by atoms with Gasteiger partial charge in [-0.25, -0.2) is 4.79 Å². The minimum atomic E-state index is -0.851. The number of hydrogen-bond acceptors (Lipinski definition) is 4. The Bertz CT molecular complexity index is 313. The fourth-order valence-electron chi connectivity index (χ4n) is 1.73. The van der Waals surface area contributed by atoms with Gasteiger partial charge in [-0.1, -0.05) is 0 Å². The number of carboxylic acid groups (broad SMARTS) is 1. The first kappa shape index (κ1) is 14.2. The van der Waals surface area contributed by atoms with Crippen molar-refractivity contribution in [2.24, 2.45) is 5.92 Å². The van der Waals surface area contributed by atoms with Crippen molar-refractivity contribution in [1.29, 1.82) is 0 Å². The van der Waals surface area contributed by atoms with Gasteiger partial charge in [-0.05, 0) is 27.0 Å². The lowest BCUT2D eigenvalue weighted by molar-refractivity contribution is -0.141. The maximum atomic E-state index is 11.8. The Morgan fingerprint density at radius 1 is 1.35 bits per heavy atom. The molecule has 5 nitrogen and oxygen atoms in total. The van der Waals surface area contributed by atoms with Crippen LogP contribution in [0.1, 0.15) is 20.8 Å². The highest BCUT2D eigenvalue weighted by Crippen LogP contribution is 2.27. The first-order chi connectivity index (χ1) is 7.74. The van der Waals surface area contributed by atoms with Gasteiger partial charge in [-0.15, -0.1) is 0 Å². The van der Waals surface area contributed by atoms with Crippen molar-refractivity contribution in [2.75, 3.05) is 19.3 Å². The maximum absolute atomic E-state index is 11.8. The van der Waals surface area contributed by atoms with Crippen molar-refractivity contribution in [1.82, 2.24) is 4.90 Å². The fraction of sp³-hybridized carbons (Fsp3) is 0.818. The van der Waals surface area contributed by atoms with Crippen LogP contribution < -0.4 is 0 Å². The average molecular weight is 261 g/mol. The third kappa shape index (κ3) is 3.80. The van der Waals surface area contributed by atoms with Gasteiger partial charge < -0.3 is 14.7 Å². The molecule has 1 aliphatic rings. The zero-order valence-corrected chi connectivity index (χ0v) is 11.4. The summed E-state index contributed by atoms with van der Waals surface area (Å²) in [5.74, 6) is -1.35. The van der Waals surface area contributed by atoms with Gasteiger partial charge in [0, 0.05) is 18.3 Å². The van der Waals surface area contributed by atoms with Crippen molar-refractivity contribution in [3.05, 3.63) is 0 Å². The van der Waals surface area contributed by atoms with Crippen molar-refractivity contribution in [3.8, 4) is 0 Å². The topological polar surface area (TPSA) is 66.8 Å². The van der Waals surface area contributed by atoms with Gasteiger partial charge >= 0.3 is 12.1 Å². The van der Waals surface area contributed by atoms with Gasteiger partial charge in [-0.3, -0.25) is 4.79 Å². The van der Waals surface area contributed by atoms with Gasteiger partial charge in [-0.2, -0.15) is 11.8 Å². The third-order valence-corrected chi connectivity index (χ3v) is 3.62. The molecule has 6 heteroatoms. The highest BCUT2D eigenvalue weighted by atomic mass is 32.2. The van der Waals surface area contributed by atoms with Crippen LogP contribution in [-0.4, -0.2) is 52.3 Å². The van der Waals surface area contributed by atoms with Crippen LogP contribution in [0.4, 0.5) is 4.79 Å². The lowest BCUT2D eigenvalue weighted by Gasteiger charge is -2.24. The molecular formula is C11H19NO4S. The number of carbonyl (C=O) groups excluding carboxylic acids is 1. The smallest absolute Gasteiger partial charge is 0.410 e. The van der Waals surface area contributed by atoms with Crippen LogP contribution in [0.15, 0.2) is 0 Å². The molecule has 1 rings (SSSR count). The molecule has 0 aromatic rings. The Morgan fingerprint density at radius 2 is 1.94 bits per heavy atom. The SMILES string of the molecule is CSC1CN(C(=O)OC(C)(C)C)CC1C(=O)O. The lowest BCUT2D eigenvalue weighted by Crippen LogP contribution is -2.36. The van der Waals surface area contributed by atoms with Crippen LogP contribution in [0.25, 0.3) is 0 Å². The summed E-state index contributed by atoms with van der Waals surface area (Å²) in [6.07, 6.45) is 1.43. The number of nitrogens with zero attached hydrogens (tertiary/aromatic N) is 1. The summed E-state index contributed by atoms with van der Waals surface area (Å²) in [6, 6.07) is 0. The van der Waals surface area contributed by atoms with Crippen molar-refractivity contribution in [2.45, 2.75) is 31.6 Å². The van der Waals surface area contributed by atoms with E-state index in [-0.39, 0.29) is 11.8 Å². The summed E-state index contributed by atoms with van der Waals surface area (Å²) < 4.78 is 5.23. The molecule has 98 valence electrons. The van der Waals surface area contributed by atoms with E-state index in [1.54, 1.807) is 20.8 Å². The minimum Gasteiger partial charge on any atom is -0.481 e. The van der Waals surface area contributed by atoms with Crippen molar-refractivity contribution in [3.63, 3.8) is 0 Å². The number of likely N-dealkylation sites (tertiary alicyclic amines) is 1. The molecule has 1 amide bonds. The van der Waals surface area contributed by atoms with Crippen LogP contribution >= 0.6 is 11.8 Å². The molecule has 2 unspecified atom stereocenters. The molecule has 0 bridgehead atoms. The van der Waals surface area contributed by atoms with Crippen molar-refractivity contribution >= 4 is 23.8 Å². The minimum absolute atomic E-state index is 0.0555. The highest BCUT2D eigenvalue weighted by Gasteiger charge is 2.40. The summed E-state index contributed by atoms with van der Waals surface area (Å²) in [5, 5.41) is 9.00. The van der Waals surface area contributed by atoms with E-state index >= 15 is 0 Å². The van der Waals surface area contributed by atoms with E-state index in [0.29, 0.717) is 6.54 Å². The normalized spacial score (nSPS) is 24.8. The third-order valence-electron chi connectivity index (χ3n) is 2.54. The van der Waals surface area contributed by atoms with Gasteiger partial charge in [0.2, 0.25) is 0 Å². The van der Waals surface area contributed by atoms with Crippen LogP contribution in [-0.2, 0) is 9.53 Å². The molecule has 0 aliphatic carbocycles. The highest BCUT2D eigenvalue weighted by molar-refractivity contribution is 7.99. The molecule has 1 N–H and O–H groups in total. The lowest BCUT2D eigenvalue weighted by atomic mass is 10.1. The second kappa shape index (κ2) is 5.16. The number of hydrogen-bond donors (Lipinski definition) is 1. The molecule has 1 saturated heterocycles. The summed E-state index contributed by atoms with van der Waals surface area (Å²) in [6.45, 7) is 6.05. The van der Waals surface area contributed by atoms with E-state index in [1.807, 2.05) is 6.26 Å². The molecule has 0 aromatic carbocycles. The van der Waals surface area contributed by atoms with Crippen LogP contribution in [0.5, 0.6) is 0 Å². The summed E-state index contributed by atoms with van der Waals surface area (Å²) in [5.41, 5.74) is -0.548. The number of rotatable bonds is 2. The molecule has 1 aliphatic heterocycles. The predicted octanol–water partition coefficient (Wildman–Crippen LogP) is 1.67. The average Bonchev–Trinajstić information content (AvgIpc) is 2.58. The Morgan fingerprint density at radius 3 is 2.29 bits per heavy atom. The zero-order valence-electron chi connectivity index (χ0n) is 10.6. The zero-order chi connectivity index (χ0) is 13.2. The van der Waals surface area contributed by atoms with E-state index in [2.05, 4.69) is 0 Å². The Hall–Kier alpha value is -0.910. The second-order valence-corrected chi connectivity index (χ2v) is 6.18. The van der Waals surface area contributed by atoms with E-state index < -0.39 is 23.6 Å². The van der Waals surface area contributed by atoms with Crippen LogP contribution in [0.3, 0.4) is 0 Å². The second-order valence-electron chi connectivity index (χ2n) is 5.10. The number of ether oxygens (including phenoxy) is 1. The molecule has 0 spiro atoms. The first-order valence-corrected chi connectivity index (χ1v) is 6.77. The standard InChI is InChI=1S/C11H19NO4S/c1-11(2,3)16-10(15)12-5-7(9(13)14)8(6-12)17-4/h7-8H,5-6H2,1-4H3,(H,13,14). The van der Waals surface area contributed by atoms with E-state index in [4.69, 9.17) is 9.84 Å². The van der Waals surface area contributed by atoms with E-state index in [0.717, 1.165) is 0 Å². The van der Waals surface area contributed by atoms with Gasteiger partial charge in [0.25, 0.3) is 0 Å². The number of carboxylic acids is 1. The molecule has 1 heterocycles. The monoisotopic (exact) mass is 261 g/mol. The van der Waals surface area contributed by atoms with Gasteiger partial charge in [0.1, 0.15) is 5.60 Å². The van der Waals surface area contributed by atoms with E-state index in [9.17, 15) is 9.59 Å². The van der Waals surface area contributed by atoms with Gasteiger partial charge in [0.05, 0.1) is 5.92 Å². The Kier molecular flexibility index (Phi) is 4.30. The molecule has 0 aromatic heterocycles. The molecule has 0 radical (unpaired) electrons. The molecule has 1 fully saturated rings. The molecule has 0 saturated carbocycles.